The zero-order valence-corrected chi connectivity index (χ0v) is 14.9. The molecule has 1 aliphatic rings. The minimum absolute atomic E-state index is 0.316. The molecule has 1 aliphatic carbocycles. The third-order valence-electron chi connectivity index (χ3n) is 4.48. The highest BCUT2D eigenvalue weighted by atomic mass is 16.5. The van der Waals surface area contributed by atoms with Gasteiger partial charge in [-0.1, -0.05) is 12.5 Å². The number of ether oxygens (including phenoxy) is 1. The van der Waals surface area contributed by atoms with Crippen molar-refractivity contribution in [1.29, 1.82) is 0 Å². The molecular formula is C19H30N4O. The summed E-state index contributed by atoms with van der Waals surface area (Å²) in [6, 6.07) is 3.89. The molecule has 5 heteroatoms. The summed E-state index contributed by atoms with van der Waals surface area (Å²) in [6.45, 7) is 5.71. The van der Waals surface area contributed by atoms with Crippen LogP contribution in [0, 0.1) is 6.92 Å². The highest BCUT2D eigenvalue weighted by Gasteiger charge is 2.17. The zero-order chi connectivity index (χ0) is 17.5. The largest absolute Gasteiger partial charge is 0.489 e. The van der Waals surface area contributed by atoms with E-state index < -0.39 is 0 Å². The van der Waals surface area contributed by atoms with E-state index in [1.54, 1.807) is 12.1 Å². The molecule has 4 N–H and O–H groups in total. The number of hydrogen-bond donors (Lipinski definition) is 2. The second kappa shape index (κ2) is 8.73. The summed E-state index contributed by atoms with van der Waals surface area (Å²) < 4.78 is 6.13. The average molecular weight is 330 g/mol. The highest BCUT2D eigenvalue weighted by molar-refractivity contribution is 5.63. The van der Waals surface area contributed by atoms with Crippen molar-refractivity contribution in [2.45, 2.75) is 58.0 Å². The van der Waals surface area contributed by atoms with Gasteiger partial charge in [0, 0.05) is 7.05 Å². The fourth-order valence-corrected chi connectivity index (χ4v) is 3.07. The average Bonchev–Trinajstić information content (AvgIpc) is 2.57. The van der Waals surface area contributed by atoms with Crippen LogP contribution in [0.25, 0.3) is 5.70 Å². The maximum atomic E-state index is 6.30. The summed E-state index contributed by atoms with van der Waals surface area (Å²) in [5, 5.41) is 1.56. The Balaban J connectivity index is 2.18. The van der Waals surface area contributed by atoms with Gasteiger partial charge in [0.1, 0.15) is 5.75 Å². The molecule has 0 unspecified atom stereocenters. The molecule has 5 nitrogen and oxygen atoms in total. The first-order chi connectivity index (χ1) is 11.5. The third-order valence-corrected chi connectivity index (χ3v) is 4.48. The molecule has 1 aromatic rings. The molecule has 1 fully saturated rings. The first-order valence-electron chi connectivity index (χ1n) is 8.75. The zero-order valence-electron chi connectivity index (χ0n) is 14.9. The van der Waals surface area contributed by atoms with Crippen molar-refractivity contribution < 1.29 is 4.74 Å². The summed E-state index contributed by atoms with van der Waals surface area (Å²) in [7, 11) is 1.79. The van der Waals surface area contributed by atoms with Gasteiger partial charge in [0.2, 0.25) is 0 Å². The predicted octanol–water partition coefficient (Wildman–Crippen LogP) is 3.50. The lowest BCUT2D eigenvalue weighted by Gasteiger charge is -2.24. The molecule has 0 amide bonds. The Kier molecular flexibility index (Phi) is 6.67. The molecule has 2 rings (SSSR count). The normalized spacial score (nSPS) is 16.5. The van der Waals surface area contributed by atoms with Crippen molar-refractivity contribution in [3.63, 3.8) is 0 Å². The number of hydrogen-bond acceptors (Lipinski definition) is 5. The third kappa shape index (κ3) is 4.74. The second-order valence-corrected chi connectivity index (χ2v) is 6.46. The van der Waals surface area contributed by atoms with Crippen molar-refractivity contribution in [3.8, 4) is 5.75 Å². The van der Waals surface area contributed by atoms with E-state index in [0.717, 1.165) is 48.5 Å². The monoisotopic (exact) mass is 330 g/mol. The van der Waals surface area contributed by atoms with E-state index in [4.69, 9.17) is 16.3 Å². The molecule has 24 heavy (non-hydrogen) atoms. The molecule has 0 spiro atoms. The summed E-state index contributed by atoms with van der Waals surface area (Å²) in [4.78, 5) is 4.63. The second-order valence-electron chi connectivity index (χ2n) is 6.46. The Morgan fingerprint density at radius 1 is 1.38 bits per heavy atom. The van der Waals surface area contributed by atoms with Crippen LogP contribution in [0.3, 0.4) is 0 Å². The topological polar surface area (TPSA) is 77.4 Å². The smallest absolute Gasteiger partial charge is 0.140 e. The van der Waals surface area contributed by atoms with Crippen LogP contribution in [0.15, 0.2) is 30.5 Å². The van der Waals surface area contributed by atoms with Crippen LogP contribution < -0.4 is 16.3 Å². The quantitative estimate of drug-likeness (QED) is 0.454. The fraction of sp³-hybridized carbons (Fsp3) is 0.526. The van der Waals surface area contributed by atoms with Crippen molar-refractivity contribution >= 4 is 5.70 Å². The number of nitrogens with two attached hydrogens (primary N) is 2. The van der Waals surface area contributed by atoms with Crippen LogP contribution in [0.5, 0.6) is 5.75 Å². The van der Waals surface area contributed by atoms with Gasteiger partial charge in [-0.05, 0) is 57.6 Å². The van der Waals surface area contributed by atoms with Gasteiger partial charge in [-0.3, -0.25) is 0 Å². The lowest BCUT2D eigenvalue weighted by molar-refractivity contribution is 0.153. The molecule has 0 aromatic carbocycles. The van der Waals surface area contributed by atoms with Gasteiger partial charge >= 0.3 is 0 Å². The van der Waals surface area contributed by atoms with E-state index in [-0.39, 0.29) is 0 Å². The summed E-state index contributed by atoms with van der Waals surface area (Å²) in [5.41, 5.74) is 9.37. The van der Waals surface area contributed by atoms with Crippen LogP contribution in [0.4, 0.5) is 0 Å². The number of aromatic nitrogens is 1. The Bertz CT molecular complexity index is 589. The fourth-order valence-electron chi connectivity index (χ4n) is 3.07. The number of allylic oxidation sites excluding steroid dienone is 2. The Labute approximate surface area is 145 Å². The lowest BCUT2D eigenvalue weighted by Crippen LogP contribution is -2.28. The molecule has 1 saturated carbocycles. The van der Waals surface area contributed by atoms with Crippen molar-refractivity contribution in [2.24, 2.45) is 11.6 Å². The first-order valence-corrected chi connectivity index (χ1v) is 8.75. The highest BCUT2D eigenvalue weighted by Crippen LogP contribution is 2.26. The molecule has 132 valence electrons. The van der Waals surface area contributed by atoms with Crippen molar-refractivity contribution in [1.82, 2.24) is 9.99 Å². The Morgan fingerprint density at radius 2 is 2.08 bits per heavy atom. The summed E-state index contributed by atoms with van der Waals surface area (Å²) in [5.74, 6) is 6.77. The Hall–Kier alpha value is -2.01. The van der Waals surface area contributed by atoms with E-state index in [0.29, 0.717) is 11.8 Å². The van der Waals surface area contributed by atoms with Gasteiger partial charge in [0.15, 0.2) is 0 Å². The number of aryl methyl sites for hydroxylation is 1. The molecule has 1 aromatic heterocycles. The van der Waals surface area contributed by atoms with Crippen LogP contribution in [0.1, 0.15) is 56.3 Å². The van der Waals surface area contributed by atoms with Crippen LogP contribution in [-0.2, 0) is 0 Å². The van der Waals surface area contributed by atoms with Gasteiger partial charge in [-0.15, -0.1) is 6.58 Å². The molecule has 0 radical (unpaired) electrons. The first kappa shape index (κ1) is 18.3. The van der Waals surface area contributed by atoms with Crippen LogP contribution in [-0.4, -0.2) is 23.1 Å². The summed E-state index contributed by atoms with van der Waals surface area (Å²) >= 11 is 0. The predicted molar refractivity (Wildman–Crippen MR) is 99.0 cm³/mol. The maximum absolute atomic E-state index is 6.30. The van der Waals surface area contributed by atoms with Crippen molar-refractivity contribution in [2.75, 3.05) is 7.05 Å². The number of rotatable bonds is 7. The molecule has 1 heterocycles. The van der Waals surface area contributed by atoms with Crippen LogP contribution >= 0.6 is 0 Å². The van der Waals surface area contributed by atoms with Gasteiger partial charge in [-0.25, -0.2) is 10.8 Å². The molecule has 0 saturated heterocycles. The van der Waals surface area contributed by atoms with E-state index in [9.17, 15) is 0 Å². The minimum atomic E-state index is 0.316. The van der Waals surface area contributed by atoms with Gasteiger partial charge in [-0.2, -0.15) is 0 Å². The Morgan fingerprint density at radius 3 is 2.67 bits per heavy atom. The van der Waals surface area contributed by atoms with E-state index in [1.807, 2.05) is 25.1 Å². The van der Waals surface area contributed by atoms with E-state index in [2.05, 4.69) is 11.6 Å². The molecule has 0 bridgehead atoms. The number of nitrogens with zero attached hydrogens (tertiary/aromatic N) is 2. The lowest BCUT2D eigenvalue weighted by atomic mass is 9.98. The van der Waals surface area contributed by atoms with E-state index in [1.165, 1.54) is 19.3 Å². The van der Waals surface area contributed by atoms with Gasteiger partial charge < -0.3 is 15.5 Å². The molecule has 0 aliphatic heterocycles. The number of hydrazine groups is 1. The van der Waals surface area contributed by atoms with E-state index >= 15 is 0 Å². The standard InChI is InChI=1S/C19H30N4O/c1-4-5-11-17(23(3)21)19(20)16-12-13-18(14(2)22-16)24-15-9-7-6-8-10-15/h4,12-13,15H,1,5-11,20-21H2,2-3H3/b19-17-. The van der Waals surface area contributed by atoms with Gasteiger partial charge in [0.25, 0.3) is 0 Å². The van der Waals surface area contributed by atoms with Crippen LogP contribution in [0.2, 0.25) is 0 Å². The number of pyridine rings is 1. The SMILES string of the molecule is C=CCC/C(=C(/N)c1ccc(OC2CCCCC2)c(C)n1)N(C)N. The van der Waals surface area contributed by atoms with Crippen molar-refractivity contribution in [3.05, 3.63) is 41.9 Å². The minimum Gasteiger partial charge on any atom is -0.489 e. The summed E-state index contributed by atoms with van der Waals surface area (Å²) in [6.07, 6.45) is 9.81. The molecule has 0 atom stereocenters. The maximum Gasteiger partial charge on any atom is 0.140 e. The molecular weight excluding hydrogens is 300 g/mol. The van der Waals surface area contributed by atoms with Gasteiger partial charge in [0.05, 0.1) is 28.9 Å².